The van der Waals surface area contributed by atoms with E-state index in [9.17, 15) is 24.5 Å². The molecule has 0 aliphatic heterocycles. The predicted octanol–water partition coefficient (Wildman–Crippen LogP) is 0.314. The van der Waals surface area contributed by atoms with Crippen LogP contribution in [0.15, 0.2) is 11.4 Å². The summed E-state index contributed by atoms with van der Waals surface area (Å²) in [7, 11) is 0. The minimum Gasteiger partial charge on any atom is -0.481 e. The van der Waals surface area contributed by atoms with Gasteiger partial charge in [0.15, 0.2) is 0 Å². The Morgan fingerprint density at radius 3 is 2.47 bits per heavy atom. The molecule has 1 heterocycles. The van der Waals surface area contributed by atoms with Gasteiger partial charge in [-0.25, -0.2) is 4.79 Å². The molecule has 0 fully saturated rings. The lowest BCUT2D eigenvalue weighted by atomic mass is 10.2. The molecule has 0 bridgehead atoms. The number of carboxylic acids is 2. The summed E-state index contributed by atoms with van der Waals surface area (Å²) in [5.74, 6) is -3.76. The van der Waals surface area contributed by atoms with Crippen molar-refractivity contribution in [3.8, 4) is 0 Å². The van der Waals surface area contributed by atoms with Crippen molar-refractivity contribution in [2.75, 3.05) is 0 Å². The molecule has 1 aromatic heterocycles. The summed E-state index contributed by atoms with van der Waals surface area (Å²) in [6, 6.07) is -0.608. The van der Waals surface area contributed by atoms with Gasteiger partial charge in [-0.05, 0) is 0 Å². The highest BCUT2D eigenvalue weighted by atomic mass is 32.1. The van der Waals surface area contributed by atoms with Crippen LogP contribution in [-0.2, 0) is 9.59 Å². The second kappa shape index (κ2) is 5.91. The van der Waals surface area contributed by atoms with Crippen LogP contribution in [0, 0.1) is 10.1 Å². The van der Waals surface area contributed by atoms with Crippen LogP contribution < -0.4 is 5.32 Å². The quantitative estimate of drug-likeness (QED) is 0.504. The normalized spacial score (nSPS) is 11.6. The number of amides is 1. The standard InChI is InChI=1S/C9H8N2O7S/c12-7(13)2-5(9(15)16)10-8(14)4-1-6(11(17)18)19-3-4/h1,3,5H,2H2,(H,10,14)(H,12,13)(H,15,16)/t5-/m1/s1. The van der Waals surface area contributed by atoms with Crippen molar-refractivity contribution in [1.29, 1.82) is 0 Å². The molecule has 102 valence electrons. The molecule has 9 nitrogen and oxygen atoms in total. The molecule has 0 saturated heterocycles. The van der Waals surface area contributed by atoms with Crippen LogP contribution in [0.3, 0.4) is 0 Å². The third-order valence-electron chi connectivity index (χ3n) is 2.01. The zero-order valence-electron chi connectivity index (χ0n) is 9.23. The Morgan fingerprint density at radius 2 is 2.05 bits per heavy atom. The number of nitrogens with one attached hydrogen (secondary N) is 1. The van der Waals surface area contributed by atoms with E-state index in [1.54, 1.807) is 0 Å². The third-order valence-corrected chi connectivity index (χ3v) is 2.89. The summed E-state index contributed by atoms with van der Waals surface area (Å²) in [4.78, 5) is 42.5. The Bertz CT molecular complexity index is 538. The minimum atomic E-state index is -1.59. The number of carboxylic acid groups (broad SMARTS) is 2. The Hall–Kier alpha value is -2.49. The molecule has 10 heteroatoms. The molecule has 0 spiro atoms. The van der Waals surface area contributed by atoms with Crippen molar-refractivity contribution < 1.29 is 29.5 Å². The fraction of sp³-hybridized carbons (Fsp3) is 0.222. The number of nitrogens with zero attached hydrogens (tertiary/aromatic N) is 1. The zero-order valence-corrected chi connectivity index (χ0v) is 10.0. The lowest BCUT2D eigenvalue weighted by molar-refractivity contribution is -0.380. The van der Waals surface area contributed by atoms with Crippen molar-refractivity contribution in [3.05, 3.63) is 27.1 Å². The van der Waals surface area contributed by atoms with Gasteiger partial charge in [-0.1, -0.05) is 11.3 Å². The van der Waals surface area contributed by atoms with Gasteiger partial charge in [0.2, 0.25) is 0 Å². The second-order valence-corrected chi connectivity index (χ2v) is 4.28. The van der Waals surface area contributed by atoms with E-state index in [2.05, 4.69) is 0 Å². The molecule has 1 atom stereocenters. The van der Waals surface area contributed by atoms with Crippen LogP contribution in [0.5, 0.6) is 0 Å². The second-order valence-electron chi connectivity index (χ2n) is 3.39. The number of nitro groups is 1. The first-order chi connectivity index (χ1) is 8.81. The maximum Gasteiger partial charge on any atom is 0.326 e. The maximum atomic E-state index is 11.6. The van der Waals surface area contributed by atoms with E-state index in [0.717, 1.165) is 6.07 Å². The number of hydrogen-bond acceptors (Lipinski definition) is 6. The number of aliphatic carboxylic acids is 2. The number of thiophene rings is 1. The number of rotatable bonds is 6. The zero-order chi connectivity index (χ0) is 14.6. The lowest BCUT2D eigenvalue weighted by Gasteiger charge is -2.11. The van der Waals surface area contributed by atoms with Gasteiger partial charge in [0.1, 0.15) is 6.04 Å². The number of carbonyl (C=O) groups excluding carboxylic acids is 1. The monoisotopic (exact) mass is 288 g/mol. The Morgan fingerprint density at radius 1 is 1.42 bits per heavy atom. The average molecular weight is 288 g/mol. The van der Waals surface area contributed by atoms with Crippen LogP contribution in [0.4, 0.5) is 5.00 Å². The average Bonchev–Trinajstić information content (AvgIpc) is 2.76. The Labute approximate surface area is 109 Å². The Balaban J connectivity index is 2.78. The van der Waals surface area contributed by atoms with Crippen LogP contribution in [0.2, 0.25) is 0 Å². The first-order valence-corrected chi connectivity index (χ1v) is 5.67. The summed E-state index contributed by atoms with van der Waals surface area (Å²) in [6.45, 7) is 0. The lowest BCUT2D eigenvalue weighted by Crippen LogP contribution is -2.42. The Kier molecular flexibility index (Phi) is 4.53. The summed E-state index contributed by atoms with van der Waals surface area (Å²) >= 11 is 0.712. The van der Waals surface area contributed by atoms with Crippen molar-refractivity contribution in [2.24, 2.45) is 0 Å². The number of carbonyl (C=O) groups is 3. The summed E-state index contributed by atoms with van der Waals surface area (Å²) in [5, 5.41) is 30.5. The molecule has 0 saturated carbocycles. The molecule has 0 radical (unpaired) electrons. The first-order valence-electron chi connectivity index (χ1n) is 4.79. The molecule has 1 aromatic rings. The van der Waals surface area contributed by atoms with E-state index in [0.29, 0.717) is 11.3 Å². The van der Waals surface area contributed by atoms with E-state index in [4.69, 9.17) is 10.2 Å². The number of hydrogen-bond donors (Lipinski definition) is 3. The predicted molar refractivity (Wildman–Crippen MR) is 62.1 cm³/mol. The third kappa shape index (κ3) is 4.03. The molecule has 0 aliphatic carbocycles. The van der Waals surface area contributed by atoms with Gasteiger partial charge in [0, 0.05) is 11.4 Å². The fourth-order valence-corrected chi connectivity index (χ4v) is 1.86. The van der Waals surface area contributed by atoms with Crippen LogP contribution >= 0.6 is 11.3 Å². The van der Waals surface area contributed by atoms with Gasteiger partial charge >= 0.3 is 16.9 Å². The van der Waals surface area contributed by atoms with Gasteiger partial charge in [0.05, 0.1) is 16.9 Å². The highest BCUT2D eigenvalue weighted by molar-refractivity contribution is 7.13. The molecular weight excluding hydrogens is 280 g/mol. The fourth-order valence-electron chi connectivity index (χ4n) is 1.16. The summed E-state index contributed by atoms with van der Waals surface area (Å²) < 4.78 is 0. The topological polar surface area (TPSA) is 147 Å². The van der Waals surface area contributed by atoms with E-state index in [-0.39, 0.29) is 10.6 Å². The van der Waals surface area contributed by atoms with Crippen LogP contribution in [0.25, 0.3) is 0 Å². The highest BCUT2D eigenvalue weighted by Crippen LogP contribution is 2.22. The van der Waals surface area contributed by atoms with E-state index < -0.39 is 35.2 Å². The smallest absolute Gasteiger partial charge is 0.326 e. The van der Waals surface area contributed by atoms with Crippen molar-refractivity contribution in [1.82, 2.24) is 5.32 Å². The van der Waals surface area contributed by atoms with E-state index in [1.165, 1.54) is 5.38 Å². The van der Waals surface area contributed by atoms with Gasteiger partial charge in [-0.3, -0.25) is 19.7 Å². The van der Waals surface area contributed by atoms with Gasteiger partial charge in [-0.2, -0.15) is 0 Å². The van der Waals surface area contributed by atoms with E-state index >= 15 is 0 Å². The van der Waals surface area contributed by atoms with Crippen molar-refractivity contribution in [2.45, 2.75) is 12.5 Å². The highest BCUT2D eigenvalue weighted by Gasteiger charge is 2.24. The first kappa shape index (κ1) is 14.6. The molecule has 0 unspecified atom stereocenters. The molecule has 3 N–H and O–H groups in total. The molecule has 1 amide bonds. The SMILES string of the molecule is O=C(O)C[C@@H](NC(=O)c1csc([N+](=O)[O-])c1)C(=O)O. The minimum absolute atomic E-state index is 0.0895. The molecule has 0 aliphatic rings. The van der Waals surface area contributed by atoms with E-state index in [1.807, 2.05) is 5.32 Å². The van der Waals surface area contributed by atoms with Crippen LogP contribution in [-0.4, -0.2) is 39.0 Å². The molecule has 19 heavy (non-hydrogen) atoms. The van der Waals surface area contributed by atoms with Gasteiger partial charge in [-0.15, -0.1) is 0 Å². The van der Waals surface area contributed by atoms with Crippen molar-refractivity contribution >= 4 is 34.2 Å². The summed E-state index contributed by atoms with van der Waals surface area (Å²) in [6.07, 6.45) is -0.784. The maximum absolute atomic E-state index is 11.6. The molecular formula is C9H8N2O7S. The molecule has 0 aromatic carbocycles. The van der Waals surface area contributed by atoms with Gasteiger partial charge < -0.3 is 15.5 Å². The van der Waals surface area contributed by atoms with Gasteiger partial charge in [0.25, 0.3) is 5.91 Å². The molecule has 1 rings (SSSR count). The van der Waals surface area contributed by atoms with Crippen molar-refractivity contribution in [3.63, 3.8) is 0 Å². The summed E-state index contributed by atoms with van der Waals surface area (Å²) in [5.41, 5.74) is -0.0895. The largest absolute Gasteiger partial charge is 0.481 e. The van der Waals surface area contributed by atoms with Crippen LogP contribution in [0.1, 0.15) is 16.8 Å².